The van der Waals surface area contributed by atoms with Gasteiger partial charge in [-0.15, -0.1) is 0 Å². The lowest BCUT2D eigenvalue weighted by Crippen LogP contribution is -2.30. The fourth-order valence-electron chi connectivity index (χ4n) is 2.29. The first-order valence-electron chi connectivity index (χ1n) is 7.02. The summed E-state index contributed by atoms with van der Waals surface area (Å²) in [5.41, 5.74) is 1.39. The summed E-state index contributed by atoms with van der Waals surface area (Å²) in [6.45, 7) is 7.82. The van der Waals surface area contributed by atoms with Crippen LogP contribution in [0.1, 0.15) is 39.2 Å². The predicted molar refractivity (Wildman–Crippen MR) is 78.2 cm³/mol. The second-order valence-corrected chi connectivity index (χ2v) is 5.27. The summed E-state index contributed by atoms with van der Waals surface area (Å²) >= 11 is 0. The van der Waals surface area contributed by atoms with Crippen LogP contribution < -0.4 is 10.1 Å². The fraction of sp³-hybridized carbons (Fsp3) is 0.625. The molecule has 0 spiro atoms. The Hall–Kier alpha value is -1.02. The van der Waals surface area contributed by atoms with Gasteiger partial charge in [-0.3, -0.25) is 0 Å². The molecule has 0 amide bonds. The maximum absolute atomic E-state index is 5.17. The van der Waals surface area contributed by atoms with E-state index in [1.807, 2.05) is 12.1 Å². The van der Waals surface area contributed by atoms with Gasteiger partial charge < -0.3 is 10.1 Å². The van der Waals surface area contributed by atoms with Gasteiger partial charge in [-0.1, -0.05) is 32.9 Å². The fourth-order valence-corrected chi connectivity index (χ4v) is 2.29. The van der Waals surface area contributed by atoms with Crippen LogP contribution in [0.4, 0.5) is 0 Å². The molecule has 18 heavy (non-hydrogen) atoms. The molecule has 1 unspecified atom stereocenters. The maximum atomic E-state index is 5.17. The van der Waals surface area contributed by atoms with Gasteiger partial charge in [-0.05, 0) is 49.4 Å². The van der Waals surface area contributed by atoms with Crippen molar-refractivity contribution in [3.05, 3.63) is 29.8 Å². The van der Waals surface area contributed by atoms with E-state index in [-0.39, 0.29) is 0 Å². The summed E-state index contributed by atoms with van der Waals surface area (Å²) in [6.07, 6.45) is 3.59. The van der Waals surface area contributed by atoms with E-state index >= 15 is 0 Å². The van der Waals surface area contributed by atoms with Crippen LogP contribution in [0.3, 0.4) is 0 Å². The van der Waals surface area contributed by atoms with E-state index in [1.54, 1.807) is 7.11 Å². The molecule has 1 aromatic rings. The van der Waals surface area contributed by atoms with Gasteiger partial charge in [0, 0.05) is 6.04 Å². The first kappa shape index (κ1) is 15.0. The lowest BCUT2D eigenvalue weighted by molar-refractivity contribution is 0.405. The Labute approximate surface area is 112 Å². The topological polar surface area (TPSA) is 21.3 Å². The van der Waals surface area contributed by atoms with Gasteiger partial charge in [0.15, 0.2) is 0 Å². The maximum Gasteiger partial charge on any atom is 0.118 e. The molecule has 0 aliphatic rings. The van der Waals surface area contributed by atoms with Crippen molar-refractivity contribution in [1.82, 2.24) is 5.32 Å². The summed E-state index contributed by atoms with van der Waals surface area (Å²) in [6, 6.07) is 9.05. The monoisotopic (exact) mass is 249 g/mol. The van der Waals surface area contributed by atoms with Crippen LogP contribution >= 0.6 is 0 Å². The molecule has 2 nitrogen and oxygen atoms in total. The molecule has 1 rings (SSSR count). The Morgan fingerprint density at radius 2 is 1.83 bits per heavy atom. The van der Waals surface area contributed by atoms with Gasteiger partial charge in [0.25, 0.3) is 0 Å². The number of benzene rings is 1. The number of methoxy groups -OCH3 is 1. The molecule has 102 valence electrons. The molecule has 1 aromatic carbocycles. The van der Waals surface area contributed by atoms with Crippen molar-refractivity contribution in [3.63, 3.8) is 0 Å². The molecule has 0 radical (unpaired) electrons. The lowest BCUT2D eigenvalue weighted by Gasteiger charge is -2.19. The number of hydrogen-bond donors (Lipinski definition) is 1. The normalized spacial score (nSPS) is 12.7. The minimum absolute atomic E-state index is 0.636. The highest BCUT2D eigenvalue weighted by Crippen LogP contribution is 2.15. The van der Waals surface area contributed by atoms with Crippen LogP contribution in [0, 0.1) is 5.92 Å². The lowest BCUT2D eigenvalue weighted by atomic mass is 9.97. The molecule has 0 saturated heterocycles. The number of aryl methyl sites for hydroxylation is 1. The van der Waals surface area contributed by atoms with Crippen LogP contribution in [0.2, 0.25) is 0 Å². The summed E-state index contributed by atoms with van der Waals surface area (Å²) in [5.74, 6) is 1.69. The van der Waals surface area contributed by atoms with E-state index in [1.165, 1.54) is 18.4 Å². The third-order valence-corrected chi connectivity index (χ3v) is 3.19. The minimum atomic E-state index is 0.636. The Morgan fingerprint density at radius 1 is 1.17 bits per heavy atom. The van der Waals surface area contributed by atoms with Crippen molar-refractivity contribution in [2.45, 2.75) is 46.1 Å². The average Bonchev–Trinajstić information content (AvgIpc) is 2.36. The van der Waals surface area contributed by atoms with Crippen molar-refractivity contribution in [2.24, 2.45) is 5.92 Å². The third-order valence-electron chi connectivity index (χ3n) is 3.19. The van der Waals surface area contributed by atoms with E-state index in [9.17, 15) is 0 Å². The quantitative estimate of drug-likeness (QED) is 0.759. The van der Waals surface area contributed by atoms with Crippen molar-refractivity contribution in [2.75, 3.05) is 13.7 Å². The van der Waals surface area contributed by atoms with E-state index in [4.69, 9.17) is 4.74 Å². The molecule has 0 aromatic heterocycles. The molecule has 0 saturated carbocycles. The van der Waals surface area contributed by atoms with Crippen LogP contribution in [0.5, 0.6) is 5.75 Å². The highest BCUT2D eigenvalue weighted by Gasteiger charge is 2.09. The number of rotatable bonds is 8. The zero-order valence-corrected chi connectivity index (χ0v) is 12.2. The zero-order valence-electron chi connectivity index (χ0n) is 12.2. The molecule has 0 heterocycles. The first-order valence-corrected chi connectivity index (χ1v) is 7.02. The van der Waals surface area contributed by atoms with Gasteiger partial charge in [0.2, 0.25) is 0 Å². The summed E-state index contributed by atoms with van der Waals surface area (Å²) in [7, 11) is 1.71. The Bertz CT molecular complexity index is 318. The second kappa shape index (κ2) is 8.15. The SMILES string of the molecule is CCNC(CCc1ccc(OC)cc1)CC(C)C. The number of hydrogen-bond acceptors (Lipinski definition) is 2. The van der Waals surface area contributed by atoms with Crippen molar-refractivity contribution < 1.29 is 4.74 Å². The summed E-state index contributed by atoms with van der Waals surface area (Å²) in [5, 5.41) is 3.58. The number of nitrogens with one attached hydrogen (secondary N) is 1. The van der Waals surface area contributed by atoms with Crippen molar-refractivity contribution in [3.8, 4) is 5.75 Å². The van der Waals surface area contributed by atoms with Gasteiger partial charge >= 0.3 is 0 Å². The molecule has 1 N–H and O–H groups in total. The minimum Gasteiger partial charge on any atom is -0.497 e. The molecule has 2 heteroatoms. The van der Waals surface area contributed by atoms with Gasteiger partial charge in [0.05, 0.1) is 7.11 Å². The van der Waals surface area contributed by atoms with Crippen LogP contribution in [-0.4, -0.2) is 19.7 Å². The molecule has 0 bridgehead atoms. The molecule has 1 atom stereocenters. The molecular weight excluding hydrogens is 222 g/mol. The van der Waals surface area contributed by atoms with Gasteiger partial charge in [-0.2, -0.15) is 0 Å². The summed E-state index contributed by atoms with van der Waals surface area (Å²) < 4.78 is 5.17. The predicted octanol–water partition coefficient (Wildman–Crippen LogP) is 3.65. The Morgan fingerprint density at radius 3 is 2.33 bits per heavy atom. The van der Waals surface area contributed by atoms with Crippen molar-refractivity contribution >= 4 is 0 Å². The standard InChI is InChI=1S/C16H27NO/c1-5-17-15(12-13(2)3)9-6-14-7-10-16(18-4)11-8-14/h7-8,10-11,13,15,17H,5-6,9,12H2,1-4H3. The van der Waals surface area contributed by atoms with Gasteiger partial charge in [-0.25, -0.2) is 0 Å². The summed E-state index contributed by atoms with van der Waals surface area (Å²) in [4.78, 5) is 0. The first-order chi connectivity index (χ1) is 8.65. The smallest absolute Gasteiger partial charge is 0.118 e. The van der Waals surface area contributed by atoms with Gasteiger partial charge in [0.1, 0.15) is 5.75 Å². The molecule has 0 fully saturated rings. The average molecular weight is 249 g/mol. The highest BCUT2D eigenvalue weighted by atomic mass is 16.5. The Kier molecular flexibility index (Phi) is 6.81. The molecule has 0 aliphatic carbocycles. The highest BCUT2D eigenvalue weighted by molar-refractivity contribution is 5.27. The van der Waals surface area contributed by atoms with E-state index in [0.29, 0.717) is 6.04 Å². The largest absolute Gasteiger partial charge is 0.497 e. The third kappa shape index (κ3) is 5.54. The van der Waals surface area contributed by atoms with E-state index in [0.717, 1.165) is 24.6 Å². The van der Waals surface area contributed by atoms with Crippen LogP contribution in [0.15, 0.2) is 24.3 Å². The van der Waals surface area contributed by atoms with E-state index < -0.39 is 0 Å². The van der Waals surface area contributed by atoms with E-state index in [2.05, 4.69) is 38.2 Å². The Balaban J connectivity index is 2.44. The van der Waals surface area contributed by atoms with Crippen LogP contribution in [-0.2, 0) is 6.42 Å². The zero-order chi connectivity index (χ0) is 13.4. The molecular formula is C16H27NO. The number of ether oxygens (including phenoxy) is 1. The second-order valence-electron chi connectivity index (χ2n) is 5.27. The van der Waals surface area contributed by atoms with Crippen LogP contribution in [0.25, 0.3) is 0 Å². The molecule has 0 aliphatic heterocycles. The van der Waals surface area contributed by atoms with Crippen molar-refractivity contribution in [1.29, 1.82) is 0 Å².